The number of benzene rings is 1. The molecule has 1 aromatic rings. The molecular weight excluding hydrogens is 262 g/mol. The Morgan fingerprint density at radius 3 is 2.62 bits per heavy atom. The summed E-state index contributed by atoms with van der Waals surface area (Å²) in [6, 6.07) is 7.68. The fraction of sp³-hybridized carbons (Fsp3) is 0.611. The van der Waals surface area contributed by atoms with E-state index in [1.807, 2.05) is 31.2 Å². The Morgan fingerprint density at radius 2 is 2.05 bits per heavy atom. The quantitative estimate of drug-likeness (QED) is 0.898. The minimum absolute atomic E-state index is 0.0355. The summed E-state index contributed by atoms with van der Waals surface area (Å²) in [5.41, 5.74) is 0.716. The monoisotopic (exact) mass is 287 g/mol. The van der Waals surface area contributed by atoms with Gasteiger partial charge in [-0.15, -0.1) is 0 Å². The second kappa shape index (κ2) is 6.08. The van der Waals surface area contributed by atoms with Crippen LogP contribution in [0.25, 0.3) is 0 Å². The molecule has 0 heterocycles. The third-order valence-corrected chi connectivity index (χ3v) is 5.22. The number of amides is 1. The number of carbonyl (C=O) groups excluding carboxylic acids is 1. The number of nitrogens with one attached hydrogen (secondary N) is 1. The zero-order valence-corrected chi connectivity index (χ0v) is 13.0. The highest BCUT2D eigenvalue weighted by molar-refractivity contribution is 5.94. The summed E-state index contributed by atoms with van der Waals surface area (Å²) in [5, 5.41) is 3.19. The molecule has 2 fully saturated rings. The average Bonchev–Trinajstić information content (AvgIpc) is 3.11. The summed E-state index contributed by atoms with van der Waals surface area (Å²) < 4.78 is 5.40. The Hall–Kier alpha value is -1.51. The number of ether oxygens (including phenoxy) is 1. The van der Waals surface area contributed by atoms with Gasteiger partial charge < -0.3 is 10.1 Å². The van der Waals surface area contributed by atoms with Gasteiger partial charge in [-0.3, -0.25) is 4.79 Å². The van der Waals surface area contributed by atoms with E-state index in [9.17, 15) is 4.79 Å². The van der Waals surface area contributed by atoms with Crippen molar-refractivity contribution in [1.82, 2.24) is 5.32 Å². The second-order valence-corrected chi connectivity index (χ2v) is 6.56. The van der Waals surface area contributed by atoms with E-state index in [2.05, 4.69) is 12.2 Å². The van der Waals surface area contributed by atoms with Crippen molar-refractivity contribution in [2.24, 2.45) is 17.8 Å². The molecule has 2 bridgehead atoms. The summed E-state index contributed by atoms with van der Waals surface area (Å²) in [7, 11) is 0. The number of rotatable bonds is 5. The third-order valence-electron chi connectivity index (χ3n) is 5.22. The van der Waals surface area contributed by atoms with Crippen LogP contribution in [0.2, 0.25) is 0 Å². The maximum Gasteiger partial charge on any atom is 0.251 e. The van der Waals surface area contributed by atoms with Crippen molar-refractivity contribution >= 4 is 5.91 Å². The summed E-state index contributed by atoms with van der Waals surface area (Å²) in [5.74, 6) is 3.29. The lowest BCUT2D eigenvalue weighted by Crippen LogP contribution is -2.40. The van der Waals surface area contributed by atoms with E-state index >= 15 is 0 Å². The van der Waals surface area contributed by atoms with Crippen molar-refractivity contribution in [1.29, 1.82) is 0 Å². The van der Waals surface area contributed by atoms with Crippen LogP contribution < -0.4 is 10.1 Å². The lowest BCUT2D eigenvalue weighted by molar-refractivity contribution is 0.0915. The molecule has 1 N–H and O–H groups in total. The van der Waals surface area contributed by atoms with E-state index in [0.717, 1.165) is 17.6 Å². The smallest absolute Gasteiger partial charge is 0.251 e. The van der Waals surface area contributed by atoms with Crippen LogP contribution >= 0.6 is 0 Å². The molecule has 0 aromatic heterocycles. The van der Waals surface area contributed by atoms with Crippen LogP contribution in [0.15, 0.2) is 24.3 Å². The van der Waals surface area contributed by atoms with Crippen LogP contribution in [0.1, 0.15) is 49.9 Å². The molecule has 1 amide bonds. The molecular formula is C18H25NO2. The standard InChI is InChI=1S/C18H25NO2/c1-3-21-16-8-6-14(7-9-16)18(20)19-12(2)17-11-13-4-5-15(17)10-13/h6-9,12-13,15,17H,3-5,10-11H2,1-2H3,(H,19,20)/t12-,13-,15-,17+/m0/s1. The fourth-order valence-electron chi connectivity index (χ4n) is 4.17. The number of hydrogen-bond acceptors (Lipinski definition) is 2. The van der Waals surface area contributed by atoms with E-state index < -0.39 is 0 Å². The maximum absolute atomic E-state index is 12.3. The highest BCUT2D eigenvalue weighted by Gasteiger charge is 2.42. The van der Waals surface area contributed by atoms with Crippen molar-refractivity contribution < 1.29 is 9.53 Å². The molecule has 1 aromatic carbocycles. The Morgan fingerprint density at radius 1 is 1.29 bits per heavy atom. The number of hydrogen-bond donors (Lipinski definition) is 1. The normalized spacial score (nSPS) is 28.4. The van der Waals surface area contributed by atoms with E-state index in [4.69, 9.17) is 4.74 Å². The molecule has 21 heavy (non-hydrogen) atoms. The van der Waals surface area contributed by atoms with E-state index in [-0.39, 0.29) is 11.9 Å². The Balaban J connectivity index is 1.58. The van der Waals surface area contributed by atoms with Crippen molar-refractivity contribution in [3.8, 4) is 5.75 Å². The van der Waals surface area contributed by atoms with Crippen LogP contribution in [0, 0.1) is 17.8 Å². The largest absolute Gasteiger partial charge is 0.494 e. The summed E-state index contributed by atoms with van der Waals surface area (Å²) in [6.45, 7) is 4.77. The van der Waals surface area contributed by atoms with Crippen LogP contribution in [0.3, 0.4) is 0 Å². The van der Waals surface area contributed by atoms with Crippen LogP contribution in [-0.4, -0.2) is 18.6 Å². The van der Waals surface area contributed by atoms with E-state index in [1.165, 1.54) is 25.7 Å². The Bertz CT molecular complexity index is 496. The highest BCUT2D eigenvalue weighted by Crippen LogP contribution is 2.49. The fourth-order valence-corrected chi connectivity index (χ4v) is 4.17. The van der Waals surface area contributed by atoms with Crippen LogP contribution in [0.5, 0.6) is 5.75 Å². The highest BCUT2D eigenvalue weighted by atomic mass is 16.5. The Kier molecular flexibility index (Phi) is 4.18. The van der Waals surface area contributed by atoms with Crippen molar-refractivity contribution in [3.05, 3.63) is 29.8 Å². The molecule has 2 aliphatic rings. The minimum Gasteiger partial charge on any atom is -0.494 e. The minimum atomic E-state index is 0.0355. The van der Waals surface area contributed by atoms with Gasteiger partial charge in [-0.25, -0.2) is 0 Å². The summed E-state index contributed by atoms with van der Waals surface area (Å²) >= 11 is 0. The van der Waals surface area contributed by atoms with Crippen molar-refractivity contribution in [2.75, 3.05) is 6.61 Å². The van der Waals surface area contributed by atoms with Crippen LogP contribution in [0.4, 0.5) is 0 Å². The number of fused-ring (bicyclic) bond motifs is 2. The molecule has 3 rings (SSSR count). The lowest BCUT2D eigenvalue weighted by Gasteiger charge is -2.28. The maximum atomic E-state index is 12.3. The molecule has 114 valence electrons. The molecule has 2 aliphatic carbocycles. The van der Waals surface area contributed by atoms with Crippen molar-refractivity contribution in [2.45, 2.75) is 45.6 Å². The van der Waals surface area contributed by atoms with Gasteiger partial charge in [0, 0.05) is 11.6 Å². The first-order chi connectivity index (χ1) is 10.2. The SMILES string of the molecule is CCOc1ccc(C(=O)N[C@@H](C)[C@H]2C[C@H]3CC[C@H]2C3)cc1. The van der Waals surface area contributed by atoms with Gasteiger partial charge in [-0.1, -0.05) is 6.42 Å². The molecule has 3 nitrogen and oxygen atoms in total. The molecule has 2 saturated carbocycles. The Labute approximate surface area is 127 Å². The molecule has 0 spiro atoms. The molecule has 3 heteroatoms. The van der Waals surface area contributed by atoms with E-state index in [0.29, 0.717) is 18.1 Å². The predicted octanol–water partition coefficient (Wildman–Crippen LogP) is 3.64. The summed E-state index contributed by atoms with van der Waals surface area (Å²) in [4.78, 5) is 12.3. The van der Waals surface area contributed by atoms with Crippen LogP contribution in [-0.2, 0) is 0 Å². The first-order valence-electron chi connectivity index (χ1n) is 8.21. The molecule has 0 radical (unpaired) electrons. The first kappa shape index (κ1) is 14.4. The van der Waals surface area contributed by atoms with Gasteiger partial charge in [0.15, 0.2) is 0 Å². The van der Waals surface area contributed by atoms with Gasteiger partial charge in [0.05, 0.1) is 6.61 Å². The average molecular weight is 287 g/mol. The second-order valence-electron chi connectivity index (χ2n) is 6.56. The van der Waals surface area contributed by atoms with Gasteiger partial charge in [-0.05, 0) is 75.1 Å². The van der Waals surface area contributed by atoms with Gasteiger partial charge in [0.2, 0.25) is 0 Å². The predicted molar refractivity (Wildman–Crippen MR) is 83.5 cm³/mol. The first-order valence-corrected chi connectivity index (χ1v) is 8.21. The topological polar surface area (TPSA) is 38.3 Å². The zero-order valence-electron chi connectivity index (χ0n) is 13.0. The molecule has 0 saturated heterocycles. The van der Waals surface area contributed by atoms with Gasteiger partial charge in [0.25, 0.3) is 5.91 Å². The van der Waals surface area contributed by atoms with Gasteiger partial charge in [-0.2, -0.15) is 0 Å². The zero-order chi connectivity index (χ0) is 14.8. The van der Waals surface area contributed by atoms with E-state index in [1.54, 1.807) is 0 Å². The third kappa shape index (κ3) is 3.07. The molecule has 4 atom stereocenters. The molecule has 0 aliphatic heterocycles. The number of carbonyl (C=O) groups is 1. The van der Waals surface area contributed by atoms with Gasteiger partial charge in [0.1, 0.15) is 5.75 Å². The van der Waals surface area contributed by atoms with Gasteiger partial charge >= 0.3 is 0 Å². The van der Waals surface area contributed by atoms with Crippen molar-refractivity contribution in [3.63, 3.8) is 0 Å². The lowest BCUT2D eigenvalue weighted by atomic mass is 9.84. The summed E-state index contributed by atoms with van der Waals surface area (Å²) in [6.07, 6.45) is 5.45. The molecule has 0 unspecified atom stereocenters.